The van der Waals surface area contributed by atoms with Crippen molar-refractivity contribution in [1.82, 2.24) is 15.0 Å². The van der Waals surface area contributed by atoms with E-state index in [2.05, 4.69) is 21.7 Å². The van der Waals surface area contributed by atoms with Crippen LogP contribution in [0.5, 0.6) is 0 Å². The highest BCUT2D eigenvalue weighted by Crippen LogP contribution is 2.26. The average molecular weight is 327 g/mol. The van der Waals surface area contributed by atoms with E-state index in [1.54, 1.807) is 24.9 Å². The van der Waals surface area contributed by atoms with E-state index in [0.717, 1.165) is 18.5 Å². The van der Waals surface area contributed by atoms with Crippen molar-refractivity contribution in [3.63, 3.8) is 0 Å². The number of fused-ring (bicyclic) bond motifs is 1. The fraction of sp³-hybridized carbons (Fsp3) is 0.412. The van der Waals surface area contributed by atoms with Gasteiger partial charge < -0.3 is 10.2 Å². The van der Waals surface area contributed by atoms with E-state index in [9.17, 15) is 9.59 Å². The molecule has 2 amide bonds. The number of nitrogens with zero attached hydrogens (tertiary/aromatic N) is 4. The van der Waals surface area contributed by atoms with Crippen molar-refractivity contribution in [3.8, 4) is 0 Å². The van der Waals surface area contributed by atoms with Gasteiger partial charge in [0.15, 0.2) is 5.82 Å². The number of aryl methyl sites for hydroxylation is 1. The summed E-state index contributed by atoms with van der Waals surface area (Å²) in [5, 5.41) is 10.5. The Morgan fingerprint density at radius 3 is 2.88 bits per heavy atom. The number of hydrogen-bond donors (Lipinski definition) is 1. The molecule has 7 heteroatoms. The normalized spacial score (nSPS) is 13.7. The molecule has 126 valence electrons. The third-order valence-electron chi connectivity index (χ3n) is 4.02. The van der Waals surface area contributed by atoms with Crippen LogP contribution in [0.25, 0.3) is 0 Å². The SMILES string of the molecule is CC(C)C(=O)Nc1cn(CC(=O)N2CCCc3ccccc32)nn1. The summed E-state index contributed by atoms with van der Waals surface area (Å²) in [6, 6.07) is 7.97. The Hall–Kier alpha value is -2.70. The number of aromatic nitrogens is 3. The maximum atomic E-state index is 12.6. The number of amides is 2. The maximum Gasteiger partial charge on any atom is 0.248 e. The van der Waals surface area contributed by atoms with Gasteiger partial charge in [-0.25, -0.2) is 4.68 Å². The Labute approximate surface area is 140 Å². The lowest BCUT2D eigenvalue weighted by Crippen LogP contribution is -2.37. The predicted octanol–water partition coefficient (Wildman–Crippen LogP) is 1.85. The van der Waals surface area contributed by atoms with Crippen molar-refractivity contribution in [3.05, 3.63) is 36.0 Å². The monoisotopic (exact) mass is 327 g/mol. The predicted molar refractivity (Wildman–Crippen MR) is 90.6 cm³/mol. The number of nitrogens with one attached hydrogen (secondary N) is 1. The molecular formula is C17H21N5O2. The summed E-state index contributed by atoms with van der Waals surface area (Å²) in [7, 11) is 0. The van der Waals surface area contributed by atoms with Gasteiger partial charge in [0, 0.05) is 18.2 Å². The molecule has 0 fully saturated rings. The van der Waals surface area contributed by atoms with Crippen LogP contribution < -0.4 is 10.2 Å². The van der Waals surface area contributed by atoms with E-state index in [-0.39, 0.29) is 24.3 Å². The molecule has 0 atom stereocenters. The fourth-order valence-corrected chi connectivity index (χ4v) is 2.72. The van der Waals surface area contributed by atoms with E-state index >= 15 is 0 Å². The first-order chi connectivity index (χ1) is 11.5. The van der Waals surface area contributed by atoms with Crippen LogP contribution in [-0.4, -0.2) is 33.4 Å². The first-order valence-corrected chi connectivity index (χ1v) is 8.14. The van der Waals surface area contributed by atoms with Gasteiger partial charge >= 0.3 is 0 Å². The van der Waals surface area contributed by atoms with E-state index in [4.69, 9.17) is 0 Å². The van der Waals surface area contributed by atoms with Crippen molar-refractivity contribution in [2.75, 3.05) is 16.8 Å². The molecule has 1 aromatic carbocycles. The van der Waals surface area contributed by atoms with E-state index < -0.39 is 0 Å². The Balaban J connectivity index is 1.68. The largest absolute Gasteiger partial charge is 0.311 e. The molecular weight excluding hydrogens is 306 g/mol. The van der Waals surface area contributed by atoms with Crippen LogP contribution in [0.4, 0.5) is 11.5 Å². The van der Waals surface area contributed by atoms with Crippen molar-refractivity contribution >= 4 is 23.3 Å². The Kier molecular flexibility index (Phi) is 4.59. The first-order valence-electron chi connectivity index (χ1n) is 8.14. The molecule has 0 unspecified atom stereocenters. The van der Waals surface area contributed by atoms with Gasteiger partial charge in [0.1, 0.15) is 6.54 Å². The van der Waals surface area contributed by atoms with Crippen molar-refractivity contribution in [1.29, 1.82) is 0 Å². The molecule has 0 spiro atoms. The minimum absolute atomic E-state index is 0.0335. The third kappa shape index (κ3) is 3.45. The zero-order chi connectivity index (χ0) is 17.1. The second kappa shape index (κ2) is 6.82. The number of rotatable bonds is 4. The summed E-state index contributed by atoms with van der Waals surface area (Å²) in [5.41, 5.74) is 2.17. The molecule has 0 saturated carbocycles. The summed E-state index contributed by atoms with van der Waals surface area (Å²) < 4.78 is 1.45. The minimum atomic E-state index is -0.137. The Morgan fingerprint density at radius 1 is 1.29 bits per heavy atom. The zero-order valence-electron chi connectivity index (χ0n) is 13.9. The summed E-state index contributed by atoms with van der Waals surface area (Å²) in [6.07, 6.45) is 3.53. The lowest BCUT2D eigenvalue weighted by Gasteiger charge is -2.29. The van der Waals surface area contributed by atoms with Crippen LogP contribution in [0.1, 0.15) is 25.8 Å². The van der Waals surface area contributed by atoms with Gasteiger partial charge in [0.05, 0.1) is 6.20 Å². The Bertz CT molecular complexity index is 753. The van der Waals surface area contributed by atoms with Crippen LogP contribution in [0.15, 0.2) is 30.5 Å². The zero-order valence-corrected chi connectivity index (χ0v) is 13.9. The summed E-state index contributed by atoms with van der Waals surface area (Å²) >= 11 is 0. The molecule has 7 nitrogen and oxygen atoms in total. The lowest BCUT2D eigenvalue weighted by atomic mass is 10.0. The van der Waals surface area contributed by atoms with E-state index in [1.807, 2.05) is 18.2 Å². The fourth-order valence-electron chi connectivity index (χ4n) is 2.72. The summed E-state index contributed by atoms with van der Waals surface area (Å²) in [5.74, 6) is 0.0642. The third-order valence-corrected chi connectivity index (χ3v) is 4.02. The van der Waals surface area contributed by atoms with Crippen molar-refractivity contribution < 1.29 is 9.59 Å². The molecule has 0 bridgehead atoms. The van der Waals surface area contributed by atoms with Gasteiger partial charge in [-0.15, -0.1) is 5.10 Å². The Morgan fingerprint density at radius 2 is 2.08 bits per heavy atom. The van der Waals surface area contributed by atoms with Gasteiger partial charge in [-0.05, 0) is 24.5 Å². The number of hydrogen-bond acceptors (Lipinski definition) is 4. The van der Waals surface area contributed by atoms with E-state index in [1.165, 1.54) is 10.2 Å². The number of para-hydroxylation sites is 1. The maximum absolute atomic E-state index is 12.6. The van der Waals surface area contributed by atoms with Crippen LogP contribution in [0.3, 0.4) is 0 Å². The van der Waals surface area contributed by atoms with Crippen molar-refractivity contribution in [2.24, 2.45) is 5.92 Å². The molecule has 0 aliphatic carbocycles. The molecule has 0 radical (unpaired) electrons. The molecule has 1 aliphatic rings. The van der Waals surface area contributed by atoms with Crippen molar-refractivity contribution in [2.45, 2.75) is 33.2 Å². The van der Waals surface area contributed by atoms with Gasteiger partial charge in [0.25, 0.3) is 0 Å². The number of carbonyl (C=O) groups is 2. The van der Waals surface area contributed by atoms with Crippen LogP contribution in [0.2, 0.25) is 0 Å². The van der Waals surface area contributed by atoms with Crippen LogP contribution >= 0.6 is 0 Å². The minimum Gasteiger partial charge on any atom is -0.311 e. The van der Waals surface area contributed by atoms with Crippen LogP contribution in [-0.2, 0) is 22.6 Å². The number of benzene rings is 1. The molecule has 2 heterocycles. The first kappa shape index (κ1) is 16.2. The highest BCUT2D eigenvalue weighted by Gasteiger charge is 2.22. The highest BCUT2D eigenvalue weighted by molar-refractivity contribution is 5.94. The van der Waals surface area contributed by atoms with Gasteiger partial charge in [-0.3, -0.25) is 9.59 Å². The number of carbonyl (C=O) groups excluding carboxylic acids is 2. The molecule has 2 aromatic rings. The molecule has 0 saturated heterocycles. The molecule has 1 aliphatic heterocycles. The van der Waals surface area contributed by atoms with E-state index in [0.29, 0.717) is 12.4 Å². The molecule has 24 heavy (non-hydrogen) atoms. The second-order valence-electron chi connectivity index (χ2n) is 6.22. The highest BCUT2D eigenvalue weighted by atomic mass is 16.2. The molecule has 3 rings (SSSR count). The second-order valence-corrected chi connectivity index (χ2v) is 6.22. The van der Waals surface area contributed by atoms with Gasteiger partial charge in [0.2, 0.25) is 11.8 Å². The number of anilines is 2. The average Bonchev–Trinajstić information content (AvgIpc) is 3.01. The summed E-state index contributed by atoms with van der Waals surface area (Å²) in [4.78, 5) is 26.1. The molecule has 1 N–H and O–H groups in total. The standard InChI is InChI=1S/C17H21N5O2/c1-12(2)17(24)18-15-10-21(20-19-15)11-16(23)22-9-5-7-13-6-3-4-8-14(13)22/h3-4,6,8,10,12H,5,7,9,11H2,1-2H3,(H,18,24). The van der Waals surface area contributed by atoms with Gasteiger partial charge in [-0.1, -0.05) is 37.3 Å². The topological polar surface area (TPSA) is 80.1 Å². The quantitative estimate of drug-likeness (QED) is 0.929. The lowest BCUT2D eigenvalue weighted by molar-refractivity contribution is -0.120. The van der Waals surface area contributed by atoms with Gasteiger partial charge in [-0.2, -0.15) is 0 Å². The van der Waals surface area contributed by atoms with Crippen LogP contribution in [0, 0.1) is 5.92 Å². The summed E-state index contributed by atoms with van der Waals surface area (Å²) in [6.45, 7) is 4.41. The molecule has 1 aromatic heterocycles. The smallest absolute Gasteiger partial charge is 0.248 e.